The highest BCUT2D eigenvalue weighted by molar-refractivity contribution is 6.30. The van der Waals surface area contributed by atoms with Gasteiger partial charge in [-0.3, -0.25) is 4.98 Å². The number of hydrogen-bond donors (Lipinski definition) is 1. The van der Waals surface area contributed by atoms with Crippen LogP contribution in [0, 0.1) is 5.82 Å². The number of benzene rings is 2. The Morgan fingerprint density at radius 1 is 1.15 bits per heavy atom. The molecule has 3 aromatic rings. The SMILES string of the molecule is Nc1ccc(Oc2ccc(F)c(Cl)c2)c2cccnc12. The first kappa shape index (κ1) is 12.7. The second kappa shape index (κ2) is 4.98. The van der Waals surface area contributed by atoms with Gasteiger partial charge < -0.3 is 10.5 Å². The molecule has 1 heterocycles. The first-order chi connectivity index (χ1) is 9.65. The van der Waals surface area contributed by atoms with Crippen LogP contribution in [0.2, 0.25) is 5.02 Å². The minimum absolute atomic E-state index is 0.0142. The smallest absolute Gasteiger partial charge is 0.142 e. The standard InChI is InChI=1S/C15H10ClFN2O/c16-11-8-9(3-4-12(11)17)20-14-6-5-13(18)15-10(14)2-1-7-19-15/h1-8H,18H2. The third-order valence-corrected chi connectivity index (χ3v) is 3.17. The van der Waals surface area contributed by atoms with E-state index in [2.05, 4.69) is 4.98 Å². The summed E-state index contributed by atoms with van der Waals surface area (Å²) in [6.07, 6.45) is 1.66. The molecule has 1 aromatic heterocycles. The fourth-order valence-corrected chi connectivity index (χ4v) is 2.10. The Morgan fingerprint density at radius 2 is 2.00 bits per heavy atom. The van der Waals surface area contributed by atoms with E-state index < -0.39 is 5.82 Å². The molecular weight excluding hydrogens is 279 g/mol. The highest BCUT2D eigenvalue weighted by atomic mass is 35.5. The number of nitrogen functional groups attached to an aromatic ring is 1. The van der Waals surface area contributed by atoms with Gasteiger partial charge in [-0.15, -0.1) is 0 Å². The van der Waals surface area contributed by atoms with Crippen molar-refractivity contribution in [2.24, 2.45) is 0 Å². The van der Waals surface area contributed by atoms with Crippen molar-refractivity contribution in [3.63, 3.8) is 0 Å². The molecule has 0 aliphatic carbocycles. The summed E-state index contributed by atoms with van der Waals surface area (Å²) in [5.41, 5.74) is 7.11. The number of ether oxygens (including phenoxy) is 1. The van der Waals surface area contributed by atoms with Crippen LogP contribution in [0.3, 0.4) is 0 Å². The molecule has 0 fully saturated rings. The molecule has 20 heavy (non-hydrogen) atoms. The van der Waals surface area contributed by atoms with Gasteiger partial charge in [0.05, 0.1) is 16.2 Å². The van der Waals surface area contributed by atoms with Crippen molar-refractivity contribution in [3.8, 4) is 11.5 Å². The summed E-state index contributed by atoms with van der Waals surface area (Å²) in [5, 5.41) is 0.799. The summed E-state index contributed by atoms with van der Waals surface area (Å²) >= 11 is 5.74. The van der Waals surface area contributed by atoms with Crippen LogP contribution < -0.4 is 10.5 Å². The molecule has 0 aliphatic rings. The molecule has 0 amide bonds. The zero-order valence-corrected chi connectivity index (χ0v) is 11.1. The Hall–Kier alpha value is -2.33. The Labute approximate surface area is 119 Å². The average molecular weight is 289 g/mol. The molecule has 0 radical (unpaired) electrons. The average Bonchev–Trinajstić information content (AvgIpc) is 2.46. The fraction of sp³-hybridized carbons (Fsp3) is 0. The van der Waals surface area contributed by atoms with E-state index in [0.29, 0.717) is 22.7 Å². The molecular formula is C15H10ClFN2O. The van der Waals surface area contributed by atoms with E-state index in [-0.39, 0.29) is 5.02 Å². The minimum Gasteiger partial charge on any atom is -0.457 e. The van der Waals surface area contributed by atoms with Crippen LogP contribution in [0.25, 0.3) is 10.9 Å². The number of pyridine rings is 1. The third-order valence-electron chi connectivity index (χ3n) is 2.88. The Balaban J connectivity index is 2.06. The fourth-order valence-electron chi connectivity index (χ4n) is 1.92. The van der Waals surface area contributed by atoms with Gasteiger partial charge in [0, 0.05) is 17.6 Å². The second-order valence-corrected chi connectivity index (χ2v) is 4.64. The Bertz CT molecular complexity index is 792. The van der Waals surface area contributed by atoms with Gasteiger partial charge in [-0.2, -0.15) is 0 Å². The molecule has 0 unspecified atom stereocenters. The number of rotatable bonds is 2. The van der Waals surface area contributed by atoms with Gasteiger partial charge in [-0.25, -0.2) is 4.39 Å². The maximum absolute atomic E-state index is 13.1. The van der Waals surface area contributed by atoms with Gasteiger partial charge in [-0.05, 0) is 36.4 Å². The quantitative estimate of drug-likeness (QED) is 0.711. The third kappa shape index (κ3) is 2.26. The van der Waals surface area contributed by atoms with Gasteiger partial charge >= 0.3 is 0 Å². The van der Waals surface area contributed by atoms with Crippen LogP contribution in [0.1, 0.15) is 0 Å². The summed E-state index contributed by atoms with van der Waals surface area (Å²) in [4.78, 5) is 4.22. The van der Waals surface area contributed by atoms with Gasteiger partial charge in [0.1, 0.15) is 17.3 Å². The Kier molecular flexibility index (Phi) is 3.16. The number of nitrogens with two attached hydrogens (primary N) is 1. The number of aromatic nitrogens is 1. The molecule has 3 nitrogen and oxygen atoms in total. The molecule has 3 rings (SSSR count). The zero-order chi connectivity index (χ0) is 14.1. The number of nitrogens with zero attached hydrogens (tertiary/aromatic N) is 1. The first-order valence-electron chi connectivity index (χ1n) is 5.91. The van der Waals surface area contributed by atoms with Crippen LogP contribution in [0.4, 0.5) is 10.1 Å². The van der Waals surface area contributed by atoms with Gasteiger partial charge in [0.15, 0.2) is 0 Å². The predicted molar refractivity (Wildman–Crippen MR) is 77.6 cm³/mol. The van der Waals surface area contributed by atoms with Crippen molar-refractivity contribution in [3.05, 3.63) is 59.5 Å². The first-order valence-corrected chi connectivity index (χ1v) is 6.29. The molecule has 100 valence electrons. The van der Waals surface area contributed by atoms with Crippen LogP contribution in [-0.4, -0.2) is 4.98 Å². The molecule has 0 atom stereocenters. The lowest BCUT2D eigenvalue weighted by Crippen LogP contribution is -1.92. The molecule has 0 aliphatic heterocycles. The Morgan fingerprint density at radius 3 is 2.80 bits per heavy atom. The van der Waals surface area contributed by atoms with E-state index in [4.69, 9.17) is 22.1 Å². The highest BCUT2D eigenvalue weighted by Gasteiger charge is 2.08. The van der Waals surface area contributed by atoms with Crippen LogP contribution in [-0.2, 0) is 0 Å². The van der Waals surface area contributed by atoms with Crippen molar-refractivity contribution in [2.45, 2.75) is 0 Å². The van der Waals surface area contributed by atoms with Crippen molar-refractivity contribution in [2.75, 3.05) is 5.73 Å². The molecule has 2 aromatic carbocycles. The summed E-state index contributed by atoms with van der Waals surface area (Å²) in [5.74, 6) is 0.555. The maximum atomic E-state index is 13.1. The lowest BCUT2D eigenvalue weighted by molar-refractivity contribution is 0.486. The van der Waals surface area contributed by atoms with Gasteiger partial charge in [-0.1, -0.05) is 11.6 Å². The van der Waals surface area contributed by atoms with E-state index in [1.807, 2.05) is 6.07 Å². The largest absolute Gasteiger partial charge is 0.457 e. The molecule has 0 saturated heterocycles. The van der Waals surface area contributed by atoms with Crippen LogP contribution >= 0.6 is 11.6 Å². The zero-order valence-electron chi connectivity index (χ0n) is 10.3. The number of anilines is 1. The molecule has 5 heteroatoms. The maximum Gasteiger partial charge on any atom is 0.142 e. The number of halogens is 2. The summed E-state index contributed by atoms with van der Waals surface area (Å²) in [6, 6.07) is 11.3. The summed E-state index contributed by atoms with van der Waals surface area (Å²) < 4.78 is 18.9. The molecule has 0 spiro atoms. The van der Waals surface area contributed by atoms with E-state index in [1.165, 1.54) is 18.2 Å². The predicted octanol–water partition coefficient (Wildman–Crippen LogP) is 4.40. The highest BCUT2D eigenvalue weighted by Crippen LogP contribution is 2.33. The van der Waals surface area contributed by atoms with Crippen molar-refractivity contribution < 1.29 is 9.13 Å². The van der Waals surface area contributed by atoms with E-state index >= 15 is 0 Å². The van der Waals surface area contributed by atoms with Crippen LogP contribution in [0.5, 0.6) is 11.5 Å². The normalized spacial score (nSPS) is 10.7. The lowest BCUT2D eigenvalue weighted by atomic mass is 10.1. The molecule has 2 N–H and O–H groups in total. The van der Waals surface area contributed by atoms with E-state index in [9.17, 15) is 4.39 Å². The van der Waals surface area contributed by atoms with Crippen molar-refractivity contribution in [1.29, 1.82) is 0 Å². The van der Waals surface area contributed by atoms with E-state index in [1.54, 1.807) is 24.4 Å². The summed E-state index contributed by atoms with van der Waals surface area (Å²) in [7, 11) is 0. The summed E-state index contributed by atoms with van der Waals surface area (Å²) in [6.45, 7) is 0. The van der Waals surface area contributed by atoms with Gasteiger partial charge in [0.2, 0.25) is 0 Å². The van der Waals surface area contributed by atoms with E-state index in [0.717, 1.165) is 5.39 Å². The minimum atomic E-state index is -0.483. The monoisotopic (exact) mass is 288 g/mol. The lowest BCUT2D eigenvalue weighted by Gasteiger charge is -2.10. The van der Waals surface area contributed by atoms with Crippen LogP contribution in [0.15, 0.2) is 48.7 Å². The second-order valence-electron chi connectivity index (χ2n) is 4.23. The number of fused-ring (bicyclic) bond motifs is 1. The number of hydrogen-bond acceptors (Lipinski definition) is 3. The molecule has 0 saturated carbocycles. The van der Waals surface area contributed by atoms with Gasteiger partial charge in [0.25, 0.3) is 0 Å². The van der Waals surface area contributed by atoms with Crippen molar-refractivity contribution >= 4 is 28.2 Å². The molecule has 0 bridgehead atoms. The van der Waals surface area contributed by atoms with Crippen molar-refractivity contribution in [1.82, 2.24) is 4.98 Å². The topological polar surface area (TPSA) is 48.1 Å².